The van der Waals surface area contributed by atoms with Gasteiger partial charge in [-0.2, -0.15) is 0 Å². The Balaban J connectivity index is 1.82. The minimum Gasteiger partial charge on any atom is -0.205 e. The Labute approximate surface area is 272 Å². The van der Waals surface area contributed by atoms with E-state index in [1.807, 2.05) is 0 Å². The molecule has 0 aliphatic heterocycles. The quantitative estimate of drug-likeness (QED) is 0.0423. The van der Waals surface area contributed by atoms with E-state index in [0.29, 0.717) is 0 Å². The topological polar surface area (TPSA) is 3.88 Å². The van der Waals surface area contributed by atoms with E-state index in [9.17, 15) is 0 Å². The molecular weight excluding hydrogens is 518 g/mol. The van der Waals surface area contributed by atoms with Crippen molar-refractivity contribution in [1.82, 2.24) is 0 Å². The second-order valence-electron chi connectivity index (χ2n) is 13.8. The first-order valence-corrected chi connectivity index (χ1v) is 20.0. The van der Waals surface area contributed by atoms with Crippen molar-refractivity contribution in [3.05, 3.63) is 42.2 Å². The first-order chi connectivity index (χ1) is 21.4. The monoisotopic (exact) mass is 597 g/mol. The molecule has 0 radical (unpaired) electrons. The molecule has 0 saturated carbocycles. The van der Waals surface area contributed by atoms with Crippen LogP contribution in [0.15, 0.2) is 36.7 Å². The van der Waals surface area contributed by atoms with Crippen LogP contribution in [0.3, 0.4) is 0 Å². The lowest BCUT2D eigenvalue weighted by Crippen LogP contribution is -2.32. The van der Waals surface area contributed by atoms with Crippen molar-refractivity contribution in [3.8, 4) is 0 Å². The van der Waals surface area contributed by atoms with Crippen molar-refractivity contribution in [2.24, 2.45) is 0 Å². The Bertz CT molecular complexity index is 675. The van der Waals surface area contributed by atoms with Gasteiger partial charge in [-0.05, 0) is 50.5 Å². The Morgan fingerprint density at radius 3 is 1.12 bits per heavy atom. The molecule has 0 atom stereocenters. The predicted octanol–water partition coefficient (Wildman–Crippen LogP) is 14.2. The van der Waals surface area contributed by atoms with Gasteiger partial charge < -0.3 is 0 Å². The third-order valence-electron chi connectivity index (χ3n) is 9.46. The lowest BCUT2D eigenvalue weighted by atomic mass is 10.0. The molecule has 0 aliphatic rings. The summed E-state index contributed by atoms with van der Waals surface area (Å²) in [7, 11) is 0. The zero-order chi connectivity index (χ0) is 30.7. The van der Waals surface area contributed by atoms with Gasteiger partial charge in [0.05, 0.1) is 0 Å². The van der Waals surface area contributed by atoms with Crippen molar-refractivity contribution < 1.29 is 4.57 Å². The fraction of sp³-hybridized carbons (Fsp3) is 0.833. The summed E-state index contributed by atoms with van der Waals surface area (Å²) in [5.74, 6) is 0. The van der Waals surface area contributed by atoms with Crippen LogP contribution in [0.25, 0.3) is 0 Å². The molecule has 0 bridgehead atoms. The SMILES string of the molecule is CCCCCCCC/C=C\CCCCCCCCCc1cc[n+](CCCCCCCCCCCCCCCCCC)cc1. The highest BCUT2D eigenvalue weighted by Gasteiger charge is 2.02. The van der Waals surface area contributed by atoms with Crippen molar-refractivity contribution in [3.63, 3.8) is 0 Å². The van der Waals surface area contributed by atoms with Crippen LogP contribution in [-0.2, 0) is 13.0 Å². The zero-order valence-electron chi connectivity index (χ0n) is 29.7. The van der Waals surface area contributed by atoms with Gasteiger partial charge in [-0.25, -0.2) is 4.57 Å². The molecule has 1 heteroatoms. The van der Waals surface area contributed by atoms with E-state index in [1.165, 1.54) is 218 Å². The molecule has 0 fully saturated rings. The van der Waals surface area contributed by atoms with Gasteiger partial charge in [0.2, 0.25) is 0 Å². The van der Waals surface area contributed by atoms with Crippen LogP contribution < -0.4 is 4.57 Å². The van der Waals surface area contributed by atoms with Gasteiger partial charge in [-0.1, -0.05) is 180 Å². The van der Waals surface area contributed by atoms with Gasteiger partial charge >= 0.3 is 0 Å². The van der Waals surface area contributed by atoms with Crippen molar-refractivity contribution in [1.29, 1.82) is 0 Å². The van der Waals surface area contributed by atoms with Gasteiger partial charge in [0.15, 0.2) is 12.4 Å². The summed E-state index contributed by atoms with van der Waals surface area (Å²) in [6.07, 6.45) is 54.7. The maximum Gasteiger partial charge on any atom is 0.169 e. The molecule has 0 amide bonds. The molecule has 1 aromatic heterocycles. The lowest BCUT2D eigenvalue weighted by molar-refractivity contribution is -0.697. The highest BCUT2D eigenvalue weighted by atomic mass is 14.9. The number of aryl methyl sites for hydroxylation is 2. The van der Waals surface area contributed by atoms with Gasteiger partial charge in [0.1, 0.15) is 6.54 Å². The molecule has 1 rings (SSSR count). The minimum atomic E-state index is 1.19. The van der Waals surface area contributed by atoms with Crippen LogP contribution in [0, 0.1) is 0 Å². The van der Waals surface area contributed by atoms with E-state index < -0.39 is 0 Å². The second-order valence-corrected chi connectivity index (χ2v) is 13.8. The lowest BCUT2D eigenvalue weighted by Gasteiger charge is -2.04. The Morgan fingerprint density at radius 2 is 0.721 bits per heavy atom. The number of hydrogen-bond donors (Lipinski definition) is 0. The molecule has 0 N–H and O–H groups in total. The number of rotatable bonds is 34. The fourth-order valence-corrected chi connectivity index (χ4v) is 6.40. The molecule has 0 aliphatic carbocycles. The van der Waals surface area contributed by atoms with Gasteiger partial charge in [0.25, 0.3) is 0 Å². The third-order valence-corrected chi connectivity index (χ3v) is 9.46. The highest BCUT2D eigenvalue weighted by molar-refractivity contribution is 5.07. The first-order valence-electron chi connectivity index (χ1n) is 20.0. The van der Waals surface area contributed by atoms with Crippen LogP contribution in [0.4, 0.5) is 0 Å². The van der Waals surface area contributed by atoms with E-state index >= 15 is 0 Å². The summed E-state index contributed by atoms with van der Waals surface area (Å²) in [6, 6.07) is 4.74. The van der Waals surface area contributed by atoms with Crippen LogP contribution in [0.1, 0.15) is 218 Å². The molecule has 0 saturated heterocycles. The van der Waals surface area contributed by atoms with Gasteiger partial charge in [-0.3, -0.25) is 0 Å². The van der Waals surface area contributed by atoms with E-state index in [4.69, 9.17) is 0 Å². The summed E-state index contributed by atoms with van der Waals surface area (Å²) < 4.78 is 2.40. The first kappa shape index (κ1) is 39.9. The van der Waals surface area contributed by atoms with Crippen molar-refractivity contribution >= 4 is 0 Å². The average molecular weight is 597 g/mol. The highest BCUT2D eigenvalue weighted by Crippen LogP contribution is 2.15. The molecule has 1 aromatic rings. The van der Waals surface area contributed by atoms with Crippen LogP contribution in [0.5, 0.6) is 0 Å². The summed E-state index contributed by atoms with van der Waals surface area (Å²) >= 11 is 0. The Morgan fingerprint density at radius 1 is 0.395 bits per heavy atom. The van der Waals surface area contributed by atoms with E-state index in [2.05, 4.69) is 55.1 Å². The van der Waals surface area contributed by atoms with E-state index in [-0.39, 0.29) is 0 Å². The van der Waals surface area contributed by atoms with Crippen LogP contribution in [-0.4, -0.2) is 0 Å². The van der Waals surface area contributed by atoms with Crippen LogP contribution in [0.2, 0.25) is 0 Å². The average Bonchev–Trinajstić information content (AvgIpc) is 3.03. The van der Waals surface area contributed by atoms with Gasteiger partial charge in [-0.15, -0.1) is 0 Å². The number of unbranched alkanes of at least 4 members (excludes halogenated alkanes) is 28. The fourth-order valence-electron chi connectivity index (χ4n) is 6.40. The van der Waals surface area contributed by atoms with Crippen molar-refractivity contribution in [2.75, 3.05) is 0 Å². The molecule has 1 nitrogen and oxygen atoms in total. The number of aromatic nitrogens is 1. The summed E-state index contributed by atoms with van der Waals surface area (Å²) in [5, 5.41) is 0. The number of hydrogen-bond acceptors (Lipinski definition) is 0. The standard InChI is InChI=1S/C42H78N/c1-3-5-7-9-11-13-15-17-19-21-22-24-26-28-30-32-34-36-42-37-40-43(41-38-42)39-35-33-31-29-27-25-23-20-18-16-14-12-10-8-6-4-2/h17,19,37-38,40-41H,3-16,18,20-36,39H2,1-2H3/q+1/b19-17-. The van der Waals surface area contributed by atoms with E-state index in [1.54, 1.807) is 0 Å². The van der Waals surface area contributed by atoms with Gasteiger partial charge in [0, 0.05) is 18.6 Å². The molecule has 1 heterocycles. The molecule has 250 valence electrons. The largest absolute Gasteiger partial charge is 0.205 e. The predicted molar refractivity (Wildman–Crippen MR) is 194 cm³/mol. The second kappa shape index (κ2) is 33.8. The molecule has 0 spiro atoms. The molecule has 43 heavy (non-hydrogen) atoms. The Hall–Kier alpha value is -1.11. The number of allylic oxidation sites excluding steroid dienone is 2. The molecule has 0 unspecified atom stereocenters. The maximum absolute atomic E-state index is 2.44. The molecule has 0 aromatic carbocycles. The normalized spacial score (nSPS) is 11.7. The summed E-state index contributed by atoms with van der Waals surface area (Å²) in [4.78, 5) is 0. The Kier molecular flexibility index (Phi) is 31.4. The van der Waals surface area contributed by atoms with Crippen LogP contribution >= 0.6 is 0 Å². The molecular formula is C42H78N+. The van der Waals surface area contributed by atoms with E-state index in [0.717, 1.165) is 0 Å². The smallest absolute Gasteiger partial charge is 0.169 e. The zero-order valence-corrected chi connectivity index (χ0v) is 29.7. The van der Waals surface area contributed by atoms with Crippen molar-refractivity contribution in [2.45, 2.75) is 226 Å². The third kappa shape index (κ3) is 29.4. The summed E-state index contributed by atoms with van der Waals surface area (Å²) in [5.41, 5.74) is 1.52. The number of nitrogens with zero attached hydrogens (tertiary/aromatic N) is 1. The maximum atomic E-state index is 2.44. The number of pyridine rings is 1. The minimum absolute atomic E-state index is 1.19. The summed E-state index contributed by atoms with van der Waals surface area (Å²) in [6.45, 7) is 5.79.